The molecule has 0 aliphatic heterocycles. The van der Waals surface area contributed by atoms with Crippen molar-refractivity contribution in [3.8, 4) is 11.5 Å². The van der Waals surface area contributed by atoms with Crippen molar-refractivity contribution < 1.29 is 23.8 Å². The minimum Gasteiger partial charge on any atom is -0.493 e. The fourth-order valence-corrected chi connectivity index (χ4v) is 1.58. The lowest BCUT2D eigenvalue weighted by molar-refractivity contribution is 0.0520. The molecule has 0 bridgehead atoms. The quantitative estimate of drug-likeness (QED) is 0.844. The average Bonchev–Trinajstić information content (AvgIpc) is 2.42. The van der Waals surface area contributed by atoms with Gasteiger partial charge < -0.3 is 19.5 Å². The van der Waals surface area contributed by atoms with Crippen molar-refractivity contribution in [1.29, 1.82) is 0 Å². The molecule has 0 saturated carbocycles. The third kappa shape index (κ3) is 5.33. The number of Topliss-reactive ketones (excluding diaryl/α,β-unsaturated/α-hetero) is 1. The number of rotatable bonds is 5. The topological polar surface area (TPSA) is 73.9 Å². The van der Waals surface area contributed by atoms with Crippen LogP contribution >= 0.6 is 0 Å². The predicted molar refractivity (Wildman–Crippen MR) is 78.1 cm³/mol. The van der Waals surface area contributed by atoms with Gasteiger partial charge in [-0.05, 0) is 39.0 Å². The molecule has 116 valence electrons. The Morgan fingerprint density at radius 3 is 2.24 bits per heavy atom. The minimum atomic E-state index is -0.628. The van der Waals surface area contributed by atoms with E-state index in [1.165, 1.54) is 14.2 Å². The standard InChI is InChI=1S/C15H21NO5/c1-15(2,3)21-14(18)16-9-11(17)10-6-7-12(19-4)13(8-10)20-5/h6-8H,9H2,1-5H3,(H,16,18). The van der Waals surface area contributed by atoms with E-state index in [4.69, 9.17) is 14.2 Å². The van der Waals surface area contributed by atoms with Crippen molar-refractivity contribution in [2.45, 2.75) is 26.4 Å². The van der Waals surface area contributed by atoms with E-state index in [0.717, 1.165) is 0 Å². The number of hydrogen-bond acceptors (Lipinski definition) is 5. The van der Waals surface area contributed by atoms with Gasteiger partial charge in [-0.3, -0.25) is 4.79 Å². The smallest absolute Gasteiger partial charge is 0.408 e. The Morgan fingerprint density at radius 2 is 1.71 bits per heavy atom. The first-order chi connectivity index (χ1) is 9.76. The Labute approximate surface area is 124 Å². The minimum absolute atomic E-state index is 0.148. The fourth-order valence-electron chi connectivity index (χ4n) is 1.58. The van der Waals surface area contributed by atoms with E-state index in [2.05, 4.69) is 5.32 Å². The molecule has 0 aliphatic carbocycles. The lowest BCUT2D eigenvalue weighted by Gasteiger charge is -2.19. The van der Waals surface area contributed by atoms with E-state index in [1.807, 2.05) is 0 Å². The zero-order chi connectivity index (χ0) is 16.0. The molecule has 0 atom stereocenters. The molecular weight excluding hydrogens is 274 g/mol. The van der Waals surface area contributed by atoms with Crippen molar-refractivity contribution >= 4 is 11.9 Å². The Kier molecular flexibility index (Phi) is 5.58. The highest BCUT2D eigenvalue weighted by molar-refractivity contribution is 5.99. The van der Waals surface area contributed by atoms with Gasteiger partial charge >= 0.3 is 6.09 Å². The van der Waals surface area contributed by atoms with E-state index in [-0.39, 0.29) is 12.3 Å². The maximum atomic E-state index is 12.0. The summed E-state index contributed by atoms with van der Waals surface area (Å²) >= 11 is 0. The summed E-state index contributed by atoms with van der Waals surface area (Å²) in [5.74, 6) is 0.747. The van der Waals surface area contributed by atoms with Gasteiger partial charge in [-0.1, -0.05) is 0 Å². The van der Waals surface area contributed by atoms with Crippen LogP contribution in [0.4, 0.5) is 4.79 Å². The number of benzene rings is 1. The third-order valence-corrected chi connectivity index (χ3v) is 2.50. The molecule has 0 spiro atoms. The molecule has 0 unspecified atom stereocenters. The summed E-state index contributed by atoms with van der Waals surface area (Å²) in [5, 5.41) is 2.42. The number of carbonyl (C=O) groups is 2. The van der Waals surface area contributed by atoms with Crippen LogP contribution in [0.5, 0.6) is 11.5 Å². The summed E-state index contributed by atoms with van der Waals surface area (Å²) in [7, 11) is 3.01. The van der Waals surface area contributed by atoms with Gasteiger partial charge in [0, 0.05) is 5.56 Å². The lowest BCUT2D eigenvalue weighted by atomic mass is 10.1. The molecule has 1 rings (SSSR count). The van der Waals surface area contributed by atoms with E-state index in [9.17, 15) is 9.59 Å². The number of methoxy groups -OCH3 is 2. The second kappa shape index (κ2) is 6.97. The van der Waals surface area contributed by atoms with Gasteiger partial charge in [-0.25, -0.2) is 4.79 Å². The molecule has 0 fully saturated rings. The largest absolute Gasteiger partial charge is 0.493 e. The van der Waals surface area contributed by atoms with Gasteiger partial charge in [-0.15, -0.1) is 0 Å². The zero-order valence-corrected chi connectivity index (χ0v) is 13.0. The summed E-state index contributed by atoms with van der Waals surface area (Å²) in [4.78, 5) is 23.5. The Hall–Kier alpha value is -2.24. The molecule has 0 heterocycles. The number of ether oxygens (including phenoxy) is 3. The van der Waals surface area contributed by atoms with Crippen molar-refractivity contribution in [3.05, 3.63) is 23.8 Å². The second-order valence-corrected chi connectivity index (χ2v) is 5.35. The molecule has 1 aromatic carbocycles. The first kappa shape index (κ1) is 16.8. The monoisotopic (exact) mass is 295 g/mol. The Bertz CT molecular complexity index is 519. The number of nitrogens with one attached hydrogen (secondary N) is 1. The Morgan fingerprint density at radius 1 is 1.10 bits per heavy atom. The van der Waals surface area contributed by atoms with Crippen LogP contribution < -0.4 is 14.8 Å². The van der Waals surface area contributed by atoms with Crippen molar-refractivity contribution in [2.75, 3.05) is 20.8 Å². The predicted octanol–water partition coefficient (Wildman–Crippen LogP) is 2.41. The SMILES string of the molecule is COc1ccc(C(=O)CNC(=O)OC(C)(C)C)cc1OC. The van der Waals surface area contributed by atoms with Crippen LogP contribution in [0.3, 0.4) is 0 Å². The summed E-state index contributed by atoms with van der Waals surface area (Å²) in [6.07, 6.45) is -0.628. The number of carbonyl (C=O) groups excluding carboxylic acids is 2. The van der Waals surface area contributed by atoms with E-state index in [0.29, 0.717) is 17.1 Å². The number of amides is 1. The van der Waals surface area contributed by atoms with Crippen LogP contribution in [0.25, 0.3) is 0 Å². The highest BCUT2D eigenvalue weighted by atomic mass is 16.6. The highest BCUT2D eigenvalue weighted by Gasteiger charge is 2.17. The second-order valence-electron chi connectivity index (χ2n) is 5.35. The van der Waals surface area contributed by atoms with Crippen molar-refractivity contribution in [1.82, 2.24) is 5.32 Å². The molecule has 6 heteroatoms. The fraction of sp³-hybridized carbons (Fsp3) is 0.467. The molecule has 0 aromatic heterocycles. The first-order valence-electron chi connectivity index (χ1n) is 6.49. The first-order valence-corrected chi connectivity index (χ1v) is 6.49. The molecule has 6 nitrogen and oxygen atoms in total. The summed E-state index contributed by atoms with van der Waals surface area (Å²) in [6.45, 7) is 5.11. The van der Waals surface area contributed by atoms with Crippen LogP contribution in [0.15, 0.2) is 18.2 Å². The van der Waals surface area contributed by atoms with E-state index >= 15 is 0 Å². The maximum Gasteiger partial charge on any atom is 0.408 e. The summed E-state index contributed by atoms with van der Waals surface area (Å²) in [5.41, 5.74) is -0.181. The maximum absolute atomic E-state index is 12.0. The van der Waals surface area contributed by atoms with Crippen LogP contribution in [-0.2, 0) is 4.74 Å². The molecule has 1 N–H and O–H groups in total. The van der Waals surface area contributed by atoms with Gasteiger partial charge in [-0.2, -0.15) is 0 Å². The van der Waals surface area contributed by atoms with Gasteiger partial charge in [0.2, 0.25) is 0 Å². The molecule has 0 saturated heterocycles. The van der Waals surface area contributed by atoms with Crippen molar-refractivity contribution in [2.24, 2.45) is 0 Å². The van der Waals surface area contributed by atoms with Crippen molar-refractivity contribution in [3.63, 3.8) is 0 Å². The summed E-state index contributed by atoms with van der Waals surface area (Å²) < 4.78 is 15.3. The zero-order valence-electron chi connectivity index (χ0n) is 13.0. The van der Waals surface area contributed by atoms with Crippen LogP contribution in [0, 0.1) is 0 Å². The van der Waals surface area contributed by atoms with Gasteiger partial charge in [0.05, 0.1) is 20.8 Å². The third-order valence-electron chi connectivity index (χ3n) is 2.50. The normalized spacial score (nSPS) is 10.7. The van der Waals surface area contributed by atoms with Gasteiger partial charge in [0.25, 0.3) is 0 Å². The molecule has 1 aromatic rings. The van der Waals surface area contributed by atoms with Crippen LogP contribution in [0.2, 0.25) is 0 Å². The molecule has 1 amide bonds. The molecule has 21 heavy (non-hydrogen) atoms. The lowest BCUT2D eigenvalue weighted by Crippen LogP contribution is -2.35. The Balaban J connectivity index is 2.66. The average molecular weight is 295 g/mol. The van der Waals surface area contributed by atoms with Gasteiger partial charge in [0.1, 0.15) is 5.60 Å². The number of ketones is 1. The number of alkyl carbamates (subject to hydrolysis) is 1. The molecule has 0 aliphatic rings. The number of hydrogen-bond donors (Lipinski definition) is 1. The van der Waals surface area contributed by atoms with Crippen LogP contribution in [0.1, 0.15) is 31.1 Å². The highest BCUT2D eigenvalue weighted by Crippen LogP contribution is 2.27. The molecule has 0 radical (unpaired) electrons. The van der Waals surface area contributed by atoms with E-state index < -0.39 is 11.7 Å². The van der Waals surface area contributed by atoms with Crippen LogP contribution in [-0.4, -0.2) is 38.2 Å². The van der Waals surface area contributed by atoms with E-state index in [1.54, 1.807) is 39.0 Å². The van der Waals surface area contributed by atoms with Gasteiger partial charge in [0.15, 0.2) is 17.3 Å². The molecular formula is C15H21NO5. The summed E-state index contributed by atoms with van der Waals surface area (Å²) in [6, 6.07) is 4.82.